The van der Waals surface area contributed by atoms with Gasteiger partial charge in [0, 0.05) is 5.92 Å². The maximum absolute atomic E-state index is 11.0. The van der Waals surface area contributed by atoms with Crippen molar-refractivity contribution in [3.63, 3.8) is 0 Å². The molecule has 0 fully saturated rings. The van der Waals surface area contributed by atoms with Crippen LogP contribution >= 0.6 is 0 Å². The Morgan fingerprint density at radius 3 is 2.26 bits per heavy atom. The highest BCUT2D eigenvalue weighted by Gasteiger charge is 2.12. The number of rotatable bonds is 6. The maximum atomic E-state index is 11.0. The van der Waals surface area contributed by atoms with Gasteiger partial charge in [-0.1, -0.05) is 109 Å². The first kappa shape index (κ1) is 23.0. The lowest BCUT2D eigenvalue weighted by atomic mass is 9.89. The molecule has 0 aliphatic heterocycles. The Hall–Kier alpha value is -3.73. The van der Waals surface area contributed by atoms with Crippen LogP contribution in [0.3, 0.4) is 0 Å². The molecule has 35 heavy (non-hydrogen) atoms. The summed E-state index contributed by atoms with van der Waals surface area (Å²) in [5, 5.41) is 2.45. The molecule has 3 nitrogen and oxygen atoms in total. The molecule has 0 radical (unpaired) electrons. The lowest BCUT2D eigenvalue weighted by Crippen LogP contribution is -2.02. The summed E-state index contributed by atoms with van der Waals surface area (Å²) in [5.41, 5.74) is 6.49. The van der Waals surface area contributed by atoms with Gasteiger partial charge in [-0.15, -0.1) is 0 Å². The van der Waals surface area contributed by atoms with Gasteiger partial charge >= 0.3 is 0 Å². The van der Waals surface area contributed by atoms with E-state index in [0.717, 1.165) is 17.5 Å². The van der Waals surface area contributed by atoms with Gasteiger partial charge in [-0.25, -0.2) is 0 Å². The van der Waals surface area contributed by atoms with Crippen molar-refractivity contribution < 1.29 is 13.0 Å². The van der Waals surface area contributed by atoms with Crippen LogP contribution in [0, 0.1) is 0 Å². The van der Waals surface area contributed by atoms with Crippen LogP contribution in [-0.2, 0) is 15.9 Å². The van der Waals surface area contributed by atoms with Crippen LogP contribution in [0.5, 0.6) is 0 Å². The second-order valence-corrected chi connectivity index (χ2v) is 10.3. The summed E-state index contributed by atoms with van der Waals surface area (Å²) < 4.78 is 31.1. The van der Waals surface area contributed by atoms with E-state index in [9.17, 15) is 8.42 Å². The highest BCUT2D eigenvalue weighted by molar-refractivity contribution is 7.85. The molecule has 0 saturated carbocycles. The molecule has 4 aromatic rings. The lowest BCUT2D eigenvalue weighted by molar-refractivity contribution is 0.482. The zero-order valence-corrected chi connectivity index (χ0v) is 20.0. The summed E-state index contributed by atoms with van der Waals surface area (Å²) in [6.45, 7) is 0. The molecule has 5 rings (SSSR count). The number of allylic oxidation sites excluding steroid dienone is 5. The predicted molar refractivity (Wildman–Crippen MR) is 145 cm³/mol. The van der Waals surface area contributed by atoms with E-state index in [2.05, 4.69) is 91.0 Å². The van der Waals surface area contributed by atoms with Gasteiger partial charge in [0.25, 0.3) is 10.1 Å². The van der Waals surface area contributed by atoms with Crippen LogP contribution in [0.4, 0.5) is 0 Å². The summed E-state index contributed by atoms with van der Waals surface area (Å²) in [4.78, 5) is 0. The molecule has 0 bridgehead atoms. The molecule has 4 aromatic carbocycles. The zero-order chi connectivity index (χ0) is 24.3. The average Bonchev–Trinajstić information content (AvgIpc) is 2.87. The topological polar surface area (TPSA) is 54.4 Å². The number of hydrogen-bond donors (Lipinski definition) is 1. The van der Waals surface area contributed by atoms with Crippen molar-refractivity contribution in [2.45, 2.75) is 18.1 Å². The monoisotopic (exact) mass is 478 g/mol. The Balaban J connectivity index is 1.25. The van der Waals surface area contributed by atoms with Crippen LogP contribution in [0.25, 0.3) is 28.0 Å². The van der Waals surface area contributed by atoms with Crippen molar-refractivity contribution in [2.75, 3.05) is 0 Å². The molecular weight excluding hydrogens is 452 g/mol. The van der Waals surface area contributed by atoms with Crippen molar-refractivity contribution in [1.82, 2.24) is 0 Å². The Labute approximate surface area is 206 Å². The molecule has 1 N–H and O–H groups in total. The fourth-order valence-corrected chi connectivity index (χ4v) is 5.06. The predicted octanol–water partition coefficient (Wildman–Crippen LogP) is 7.58. The van der Waals surface area contributed by atoms with Crippen molar-refractivity contribution in [1.29, 1.82) is 0 Å². The van der Waals surface area contributed by atoms with E-state index >= 15 is 0 Å². The van der Waals surface area contributed by atoms with Gasteiger partial charge in [0.15, 0.2) is 0 Å². The van der Waals surface area contributed by atoms with Crippen molar-refractivity contribution >= 4 is 27.0 Å². The van der Waals surface area contributed by atoms with Crippen LogP contribution in [-0.4, -0.2) is 13.0 Å². The first-order valence-electron chi connectivity index (χ1n) is 11.6. The van der Waals surface area contributed by atoms with Gasteiger partial charge in [0.05, 0.1) is 0 Å². The van der Waals surface area contributed by atoms with Crippen molar-refractivity contribution in [3.8, 4) is 11.1 Å². The number of fused-ring (bicyclic) bond motifs is 1. The minimum atomic E-state index is -4.01. The van der Waals surface area contributed by atoms with Gasteiger partial charge in [0.1, 0.15) is 5.75 Å². The molecule has 174 valence electrons. The van der Waals surface area contributed by atoms with Gasteiger partial charge in [-0.3, -0.25) is 4.55 Å². The summed E-state index contributed by atoms with van der Waals surface area (Å²) in [7, 11) is -4.01. The third kappa shape index (κ3) is 5.86. The Bertz CT molecular complexity index is 1540. The second kappa shape index (κ2) is 9.87. The van der Waals surface area contributed by atoms with Crippen molar-refractivity contribution in [2.24, 2.45) is 0 Å². The minimum Gasteiger partial charge on any atom is -0.285 e. The molecule has 0 aromatic heterocycles. The smallest absolute Gasteiger partial charge is 0.269 e. The van der Waals surface area contributed by atoms with Crippen LogP contribution in [0.1, 0.15) is 29.0 Å². The Morgan fingerprint density at radius 2 is 1.54 bits per heavy atom. The first-order chi connectivity index (χ1) is 16.9. The SMILES string of the molecule is O=S(=O)(O)Cc1ccc(C2C=CC(/C=C/c3ccc4cc(-c5ccccc5)ccc4c3)=CC2)cc1. The molecule has 1 unspecified atom stereocenters. The van der Waals surface area contributed by atoms with Gasteiger partial charge in [-0.2, -0.15) is 8.42 Å². The summed E-state index contributed by atoms with van der Waals surface area (Å²) in [6, 6.07) is 30.9. The maximum Gasteiger partial charge on any atom is 0.269 e. The summed E-state index contributed by atoms with van der Waals surface area (Å²) >= 11 is 0. The van der Waals surface area contributed by atoms with E-state index in [1.807, 2.05) is 18.2 Å². The van der Waals surface area contributed by atoms with Crippen LogP contribution in [0.2, 0.25) is 0 Å². The molecule has 0 spiro atoms. The molecule has 1 aliphatic carbocycles. The second-order valence-electron chi connectivity index (χ2n) is 8.89. The van der Waals surface area contributed by atoms with Crippen LogP contribution < -0.4 is 0 Å². The normalized spacial score (nSPS) is 16.0. The molecule has 1 atom stereocenters. The van der Waals surface area contributed by atoms with Crippen LogP contribution in [0.15, 0.2) is 121 Å². The van der Waals surface area contributed by atoms with E-state index in [0.29, 0.717) is 5.56 Å². The largest absolute Gasteiger partial charge is 0.285 e. The van der Waals surface area contributed by atoms with E-state index in [1.165, 1.54) is 27.5 Å². The molecule has 4 heteroatoms. The highest BCUT2D eigenvalue weighted by atomic mass is 32.2. The summed E-state index contributed by atoms with van der Waals surface area (Å²) in [5.74, 6) is -0.0996. The third-order valence-electron chi connectivity index (χ3n) is 6.33. The standard InChI is InChI=1S/C31H26O3S/c32-35(33,34)22-25-11-15-28(16-12-25)27-13-8-23(9-14-27)6-7-24-10-17-31-21-30(19-18-29(31)20-24)26-4-2-1-3-5-26/h1-13,15-21,27H,14,22H2,(H,32,33,34)/b7-6+. The lowest BCUT2D eigenvalue weighted by Gasteiger charge is -2.16. The molecule has 1 aliphatic rings. The molecule has 0 amide bonds. The minimum absolute atomic E-state index is 0.256. The zero-order valence-electron chi connectivity index (χ0n) is 19.2. The third-order valence-corrected chi connectivity index (χ3v) is 7.02. The van der Waals surface area contributed by atoms with E-state index in [1.54, 1.807) is 12.1 Å². The van der Waals surface area contributed by atoms with E-state index in [-0.39, 0.29) is 11.7 Å². The van der Waals surface area contributed by atoms with E-state index in [4.69, 9.17) is 4.55 Å². The fourth-order valence-electron chi connectivity index (χ4n) is 4.45. The number of hydrogen-bond acceptors (Lipinski definition) is 2. The highest BCUT2D eigenvalue weighted by Crippen LogP contribution is 2.29. The van der Waals surface area contributed by atoms with Crippen molar-refractivity contribution in [3.05, 3.63) is 138 Å². The first-order valence-corrected chi connectivity index (χ1v) is 13.2. The Morgan fingerprint density at radius 1 is 0.800 bits per heavy atom. The molecule has 0 heterocycles. The molecular formula is C31H26O3S. The number of benzene rings is 4. The quantitative estimate of drug-likeness (QED) is 0.291. The van der Waals surface area contributed by atoms with Gasteiger partial charge in [0.2, 0.25) is 0 Å². The van der Waals surface area contributed by atoms with E-state index < -0.39 is 10.1 Å². The van der Waals surface area contributed by atoms with Gasteiger partial charge in [-0.05, 0) is 62.7 Å². The fraction of sp³-hybridized carbons (Fsp3) is 0.0968. The Kier molecular flexibility index (Phi) is 6.49. The molecule has 0 saturated heterocycles. The summed E-state index contributed by atoms with van der Waals surface area (Å²) in [6.07, 6.45) is 11.7. The van der Waals surface area contributed by atoms with Gasteiger partial charge < -0.3 is 0 Å². The average molecular weight is 479 g/mol.